The Bertz CT molecular complexity index is 1090. The Morgan fingerprint density at radius 3 is 2.68 bits per heavy atom. The lowest BCUT2D eigenvalue weighted by Crippen LogP contribution is -2.27. The van der Waals surface area contributed by atoms with Gasteiger partial charge in [0, 0.05) is 33.7 Å². The molecule has 2 heterocycles. The van der Waals surface area contributed by atoms with Crippen LogP contribution < -0.4 is 14.8 Å². The zero-order valence-corrected chi connectivity index (χ0v) is 16.4. The van der Waals surface area contributed by atoms with Gasteiger partial charge in [0.15, 0.2) is 11.5 Å². The number of fused-ring (bicyclic) bond motifs is 2. The minimum Gasteiger partial charge on any atom is -0.486 e. The first-order valence-electron chi connectivity index (χ1n) is 8.59. The largest absolute Gasteiger partial charge is 0.486 e. The third-order valence-electron chi connectivity index (χ3n) is 4.60. The number of rotatable bonds is 4. The number of aromatic nitrogens is 1. The van der Waals surface area contributed by atoms with Gasteiger partial charge in [-0.15, -0.1) is 0 Å². The SMILES string of the molecule is CC(NC(=O)c1c[nH]c2ccc([N+](=O)[O-])cc12)c1cc2c(cc1Br)OCCO2. The number of nitrogens with zero attached hydrogens (tertiary/aromatic N) is 1. The molecule has 0 aliphatic carbocycles. The van der Waals surface area contributed by atoms with Crippen LogP contribution in [0.25, 0.3) is 10.9 Å². The minimum absolute atomic E-state index is 0.0659. The summed E-state index contributed by atoms with van der Waals surface area (Å²) in [7, 11) is 0. The second-order valence-electron chi connectivity index (χ2n) is 6.40. The lowest BCUT2D eigenvalue weighted by molar-refractivity contribution is -0.384. The molecule has 2 N–H and O–H groups in total. The fraction of sp³-hybridized carbons (Fsp3) is 0.211. The molecule has 0 fully saturated rings. The van der Waals surface area contributed by atoms with Crippen molar-refractivity contribution >= 4 is 38.4 Å². The fourth-order valence-corrected chi connectivity index (χ4v) is 3.84. The van der Waals surface area contributed by atoms with Gasteiger partial charge in [-0.05, 0) is 30.7 Å². The number of ether oxygens (including phenoxy) is 2. The molecule has 2 aromatic carbocycles. The highest BCUT2D eigenvalue weighted by Crippen LogP contribution is 2.38. The molecule has 28 heavy (non-hydrogen) atoms. The Morgan fingerprint density at radius 1 is 1.25 bits per heavy atom. The maximum Gasteiger partial charge on any atom is 0.270 e. The second kappa shape index (κ2) is 7.16. The lowest BCUT2D eigenvalue weighted by Gasteiger charge is -2.22. The fourth-order valence-electron chi connectivity index (χ4n) is 3.17. The predicted molar refractivity (Wildman–Crippen MR) is 106 cm³/mol. The molecular weight excluding hydrogens is 430 g/mol. The minimum atomic E-state index is -0.483. The molecule has 9 heteroatoms. The van der Waals surface area contributed by atoms with E-state index >= 15 is 0 Å². The van der Waals surface area contributed by atoms with E-state index in [4.69, 9.17) is 9.47 Å². The van der Waals surface area contributed by atoms with Crippen molar-refractivity contribution in [3.8, 4) is 11.5 Å². The Hall–Kier alpha value is -3.07. The maximum absolute atomic E-state index is 12.8. The second-order valence-corrected chi connectivity index (χ2v) is 7.26. The van der Waals surface area contributed by atoms with Gasteiger partial charge in [0.2, 0.25) is 0 Å². The molecule has 3 aromatic rings. The number of carbonyl (C=O) groups excluding carboxylic acids is 1. The number of halogens is 1. The van der Waals surface area contributed by atoms with Crippen LogP contribution in [0.2, 0.25) is 0 Å². The van der Waals surface area contributed by atoms with Crippen LogP contribution >= 0.6 is 15.9 Å². The van der Waals surface area contributed by atoms with Crippen molar-refractivity contribution in [3.63, 3.8) is 0 Å². The molecule has 4 rings (SSSR count). The molecule has 1 aromatic heterocycles. The van der Waals surface area contributed by atoms with E-state index in [1.807, 2.05) is 19.1 Å². The molecule has 1 aliphatic rings. The normalized spacial score (nSPS) is 13.9. The Balaban J connectivity index is 1.61. The van der Waals surface area contributed by atoms with E-state index in [1.54, 1.807) is 12.3 Å². The van der Waals surface area contributed by atoms with E-state index in [0.717, 1.165) is 10.0 Å². The summed E-state index contributed by atoms with van der Waals surface area (Å²) in [6, 6.07) is 7.71. The first-order valence-corrected chi connectivity index (χ1v) is 9.39. The van der Waals surface area contributed by atoms with E-state index < -0.39 is 4.92 Å². The standard InChI is InChI=1S/C19H16BrN3O5/c1-10(12-7-17-18(8-15(12)20)28-5-4-27-17)22-19(24)14-9-21-16-3-2-11(23(25)26)6-13(14)16/h2-3,6-10,21H,4-5H2,1H3,(H,22,24). The highest BCUT2D eigenvalue weighted by atomic mass is 79.9. The van der Waals surface area contributed by atoms with Gasteiger partial charge in [0.25, 0.3) is 11.6 Å². The number of hydrogen-bond acceptors (Lipinski definition) is 5. The summed E-state index contributed by atoms with van der Waals surface area (Å²) in [5.41, 5.74) is 1.77. The number of nitrogens with one attached hydrogen (secondary N) is 2. The van der Waals surface area contributed by atoms with Gasteiger partial charge in [-0.1, -0.05) is 15.9 Å². The molecule has 1 amide bonds. The number of H-pyrrole nitrogens is 1. The molecule has 0 radical (unpaired) electrons. The van der Waals surface area contributed by atoms with Crippen molar-refractivity contribution in [2.45, 2.75) is 13.0 Å². The Labute approximate surface area is 168 Å². The van der Waals surface area contributed by atoms with Crippen molar-refractivity contribution < 1.29 is 19.2 Å². The topological polar surface area (TPSA) is 106 Å². The van der Waals surface area contributed by atoms with Crippen molar-refractivity contribution in [1.82, 2.24) is 10.3 Å². The molecular formula is C19H16BrN3O5. The summed E-state index contributed by atoms with van der Waals surface area (Å²) in [5.74, 6) is 0.957. The molecule has 1 atom stereocenters. The van der Waals surface area contributed by atoms with Crippen molar-refractivity contribution in [2.24, 2.45) is 0 Å². The van der Waals surface area contributed by atoms with E-state index in [-0.39, 0.29) is 17.6 Å². The van der Waals surface area contributed by atoms with Crippen LogP contribution in [0.3, 0.4) is 0 Å². The number of amides is 1. The summed E-state index contributed by atoms with van der Waals surface area (Å²) >= 11 is 3.51. The number of benzene rings is 2. The number of aromatic amines is 1. The van der Waals surface area contributed by atoms with Crippen LogP contribution in [0.4, 0.5) is 5.69 Å². The molecule has 0 saturated carbocycles. The third kappa shape index (κ3) is 3.29. The van der Waals surface area contributed by atoms with E-state index in [1.165, 1.54) is 12.1 Å². The lowest BCUT2D eigenvalue weighted by atomic mass is 10.1. The van der Waals surface area contributed by atoms with Crippen LogP contribution in [0.1, 0.15) is 28.9 Å². The van der Waals surface area contributed by atoms with Crippen LogP contribution in [-0.4, -0.2) is 29.0 Å². The monoisotopic (exact) mass is 445 g/mol. The van der Waals surface area contributed by atoms with E-state index in [9.17, 15) is 14.9 Å². The summed E-state index contributed by atoms with van der Waals surface area (Å²) in [5, 5.41) is 14.5. The zero-order chi connectivity index (χ0) is 19.8. The van der Waals surface area contributed by atoms with Crippen molar-refractivity contribution in [2.75, 3.05) is 13.2 Å². The van der Waals surface area contributed by atoms with Crippen molar-refractivity contribution in [3.05, 3.63) is 62.2 Å². The van der Waals surface area contributed by atoms with E-state index in [0.29, 0.717) is 41.2 Å². The van der Waals surface area contributed by atoms with Crippen LogP contribution in [0, 0.1) is 10.1 Å². The van der Waals surface area contributed by atoms with Gasteiger partial charge in [-0.3, -0.25) is 14.9 Å². The van der Waals surface area contributed by atoms with Crippen LogP contribution in [0.15, 0.2) is 41.0 Å². The summed E-state index contributed by atoms with van der Waals surface area (Å²) in [6.07, 6.45) is 1.55. The predicted octanol–water partition coefficient (Wildman–Crippen LogP) is 4.10. The van der Waals surface area contributed by atoms with Crippen LogP contribution in [-0.2, 0) is 0 Å². The quantitative estimate of drug-likeness (QED) is 0.464. The first-order chi connectivity index (χ1) is 13.4. The number of nitro groups is 1. The number of nitro benzene ring substituents is 1. The average molecular weight is 446 g/mol. The first kappa shape index (κ1) is 18.3. The van der Waals surface area contributed by atoms with Gasteiger partial charge in [0.05, 0.1) is 16.5 Å². The van der Waals surface area contributed by atoms with Gasteiger partial charge < -0.3 is 19.8 Å². The summed E-state index contributed by atoms with van der Waals surface area (Å²) < 4.78 is 12.0. The van der Waals surface area contributed by atoms with Gasteiger partial charge >= 0.3 is 0 Å². The number of non-ortho nitro benzene ring substituents is 1. The van der Waals surface area contributed by atoms with Crippen molar-refractivity contribution in [1.29, 1.82) is 0 Å². The van der Waals surface area contributed by atoms with E-state index in [2.05, 4.69) is 26.2 Å². The maximum atomic E-state index is 12.8. The van der Waals surface area contributed by atoms with Gasteiger partial charge in [-0.25, -0.2) is 0 Å². The van der Waals surface area contributed by atoms with Crippen LogP contribution in [0.5, 0.6) is 11.5 Å². The average Bonchev–Trinajstić information content (AvgIpc) is 3.10. The van der Waals surface area contributed by atoms with Gasteiger partial charge in [0.1, 0.15) is 13.2 Å². The molecule has 0 bridgehead atoms. The highest BCUT2D eigenvalue weighted by Gasteiger charge is 2.21. The molecule has 8 nitrogen and oxygen atoms in total. The Kier molecular flexibility index (Phi) is 4.68. The molecule has 1 aliphatic heterocycles. The number of carbonyl (C=O) groups is 1. The van der Waals surface area contributed by atoms with Gasteiger partial charge in [-0.2, -0.15) is 0 Å². The summed E-state index contributed by atoms with van der Waals surface area (Å²) in [4.78, 5) is 26.3. The third-order valence-corrected chi connectivity index (χ3v) is 5.28. The highest BCUT2D eigenvalue weighted by molar-refractivity contribution is 9.10. The molecule has 0 saturated heterocycles. The summed E-state index contributed by atoms with van der Waals surface area (Å²) in [6.45, 7) is 2.83. The Morgan fingerprint density at radius 2 is 1.96 bits per heavy atom. The number of hydrogen-bond donors (Lipinski definition) is 2. The molecule has 144 valence electrons. The zero-order valence-electron chi connectivity index (χ0n) is 14.8. The smallest absolute Gasteiger partial charge is 0.270 e. The molecule has 1 unspecified atom stereocenters. The molecule has 0 spiro atoms.